The summed E-state index contributed by atoms with van der Waals surface area (Å²) in [6, 6.07) is 0.455. The Morgan fingerprint density at radius 2 is 2.11 bits per heavy atom. The van der Waals surface area contributed by atoms with Gasteiger partial charge in [0.05, 0.1) is 18.8 Å². The average molecular weight is 258 g/mol. The smallest absolute Gasteiger partial charge is 0.0707 e. The van der Waals surface area contributed by atoms with Crippen LogP contribution in [0.2, 0.25) is 0 Å². The molecule has 0 spiro atoms. The van der Waals surface area contributed by atoms with Crippen LogP contribution in [0.5, 0.6) is 0 Å². The molecule has 1 saturated heterocycles. The lowest BCUT2D eigenvalue weighted by Crippen LogP contribution is -2.38. The zero-order valence-corrected chi connectivity index (χ0v) is 12.4. The SMILES string of the molecule is CCCNCC1CCC(CN(C)C(C)COC)O1. The summed E-state index contributed by atoms with van der Waals surface area (Å²) in [6.07, 6.45) is 4.36. The zero-order valence-electron chi connectivity index (χ0n) is 12.4. The number of nitrogens with one attached hydrogen (secondary N) is 1. The molecular weight excluding hydrogens is 228 g/mol. The van der Waals surface area contributed by atoms with Crippen LogP contribution in [0.15, 0.2) is 0 Å². The highest BCUT2D eigenvalue weighted by molar-refractivity contribution is 4.78. The van der Waals surface area contributed by atoms with Crippen LogP contribution in [0.3, 0.4) is 0 Å². The van der Waals surface area contributed by atoms with E-state index >= 15 is 0 Å². The third-order valence-electron chi connectivity index (χ3n) is 3.65. The first-order valence-corrected chi connectivity index (χ1v) is 7.22. The van der Waals surface area contributed by atoms with Crippen LogP contribution in [0.25, 0.3) is 0 Å². The number of nitrogens with zero attached hydrogens (tertiary/aromatic N) is 1. The molecule has 4 heteroatoms. The van der Waals surface area contributed by atoms with E-state index in [0.717, 1.165) is 26.2 Å². The van der Waals surface area contributed by atoms with Crippen molar-refractivity contribution in [3.63, 3.8) is 0 Å². The second kappa shape index (κ2) is 8.86. The Morgan fingerprint density at radius 3 is 2.78 bits per heavy atom. The van der Waals surface area contributed by atoms with Crippen LogP contribution in [0.4, 0.5) is 0 Å². The van der Waals surface area contributed by atoms with Crippen molar-refractivity contribution in [2.45, 2.75) is 51.4 Å². The fraction of sp³-hybridized carbons (Fsp3) is 1.00. The van der Waals surface area contributed by atoms with E-state index in [9.17, 15) is 0 Å². The van der Waals surface area contributed by atoms with Gasteiger partial charge < -0.3 is 14.8 Å². The van der Waals surface area contributed by atoms with E-state index < -0.39 is 0 Å². The lowest BCUT2D eigenvalue weighted by Gasteiger charge is -2.27. The van der Waals surface area contributed by atoms with Gasteiger partial charge in [0.1, 0.15) is 0 Å². The molecule has 1 N–H and O–H groups in total. The van der Waals surface area contributed by atoms with Gasteiger partial charge in [-0.3, -0.25) is 4.90 Å². The maximum Gasteiger partial charge on any atom is 0.0707 e. The van der Waals surface area contributed by atoms with Gasteiger partial charge in [0.2, 0.25) is 0 Å². The average Bonchev–Trinajstić information content (AvgIpc) is 2.77. The summed E-state index contributed by atoms with van der Waals surface area (Å²) in [7, 11) is 3.90. The summed E-state index contributed by atoms with van der Waals surface area (Å²) < 4.78 is 11.2. The summed E-state index contributed by atoms with van der Waals surface area (Å²) >= 11 is 0. The molecule has 0 aromatic heterocycles. The first-order valence-electron chi connectivity index (χ1n) is 7.22. The Bertz CT molecular complexity index is 214. The highest BCUT2D eigenvalue weighted by Crippen LogP contribution is 2.20. The Kier molecular flexibility index (Phi) is 7.82. The van der Waals surface area contributed by atoms with E-state index in [-0.39, 0.29) is 0 Å². The maximum absolute atomic E-state index is 6.06. The predicted octanol–water partition coefficient (Wildman–Crippen LogP) is 1.50. The summed E-state index contributed by atoms with van der Waals surface area (Å²) in [5.41, 5.74) is 0. The molecule has 3 unspecified atom stereocenters. The minimum atomic E-state index is 0.391. The van der Waals surface area contributed by atoms with Gasteiger partial charge in [-0.15, -0.1) is 0 Å². The van der Waals surface area contributed by atoms with Gasteiger partial charge in [-0.2, -0.15) is 0 Å². The molecule has 18 heavy (non-hydrogen) atoms. The molecular formula is C14H30N2O2. The van der Waals surface area contributed by atoms with Crippen molar-refractivity contribution in [3.8, 4) is 0 Å². The van der Waals surface area contributed by atoms with E-state index in [0.29, 0.717) is 18.2 Å². The summed E-state index contributed by atoms with van der Waals surface area (Å²) in [5.74, 6) is 0. The predicted molar refractivity (Wildman–Crippen MR) is 75.0 cm³/mol. The Labute approximate surface area is 112 Å². The fourth-order valence-corrected chi connectivity index (χ4v) is 2.37. The molecule has 0 aromatic rings. The van der Waals surface area contributed by atoms with Gasteiger partial charge in [-0.1, -0.05) is 6.92 Å². The second-order valence-electron chi connectivity index (χ2n) is 5.41. The normalized spacial score (nSPS) is 25.8. The Hall–Kier alpha value is -0.160. The van der Waals surface area contributed by atoms with Crippen molar-refractivity contribution in [2.24, 2.45) is 0 Å². The van der Waals surface area contributed by atoms with Gasteiger partial charge in [0.25, 0.3) is 0 Å². The standard InChI is InChI=1S/C14H30N2O2/c1-5-8-15-9-13-6-7-14(18-13)10-16(3)12(2)11-17-4/h12-15H,5-11H2,1-4H3. The lowest BCUT2D eigenvalue weighted by atomic mass is 10.1. The van der Waals surface area contributed by atoms with Crippen molar-refractivity contribution in [1.29, 1.82) is 0 Å². The van der Waals surface area contributed by atoms with Crippen molar-refractivity contribution < 1.29 is 9.47 Å². The first-order chi connectivity index (χ1) is 8.67. The van der Waals surface area contributed by atoms with Crippen LogP contribution < -0.4 is 5.32 Å². The van der Waals surface area contributed by atoms with Gasteiger partial charge in [-0.05, 0) is 39.8 Å². The first kappa shape index (κ1) is 15.9. The molecule has 1 heterocycles. The fourth-order valence-electron chi connectivity index (χ4n) is 2.37. The molecule has 3 atom stereocenters. The largest absolute Gasteiger partial charge is 0.383 e. The number of likely N-dealkylation sites (N-methyl/N-ethyl adjacent to an activating group) is 1. The lowest BCUT2D eigenvalue weighted by molar-refractivity contribution is 0.0138. The van der Waals surface area contributed by atoms with Crippen molar-refractivity contribution >= 4 is 0 Å². The molecule has 4 nitrogen and oxygen atoms in total. The Balaban J connectivity index is 2.17. The third kappa shape index (κ3) is 5.65. The van der Waals surface area contributed by atoms with E-state index in [1.807, 2.05) is 0 Å². The van der Waals surface area contributed by atoms with Crippen LogP contribution >= 0.6 is 0 Å². The summed E-state index contributed by atoms with van der Waals surface area (Å²) in [6.45, 7) is 8.27. The summed E-state index contributed by atoms with van der Waals surface area (Å²) in [4.78, 5) is 2.33. The molecule has 108 valence electrons. The van der Waals surface area contributed by atoms with Gasteiger partial charge in [0.15, 0.2) is 0 Å². The molecule has 1 rings (SSSR count). The molecule has 0 aliphatic carbocycles. The van der Waals surface area contributed by atoms with E-state index in [1.54, 1.807) is 7.11 Å². The van der Waals surface area contributed by atoms with Gasteiger partial charge in [0, 0.05) is 26.2 Å². The van der Waals surface area contributed by atoms with Gasteiger partial charge >= 0.3 is 0 Å². The molecule has 1 aliphatic rings. The van der Waals surface area contributed by atoms with Crippen LogP contribution in [-0.2, 0) is 9.47 Å². The molecule has 0 aromatic carbocycles. The van der Waals surface area contributed by atoms with Crippen LogP contribution in [0, 0.1) is 0 Å². The van der Waals surface area contributed by atoms with Crippen molar-refractivity contribution in [3.05, 3.63) is 0 Å². The number of methoxy groups -OCH3 is 1. The topological polar surface area (TPSA) is 33.7 Å². The monoisotopic (exact) mass is 258 g/mol. The second-order valence-corrected chi connectivity index (χ2v) is 5.41. The van der Waals surface area contributed by atoms with Gasteiger partial charge in [-0.25, -0.2) is 0 Å². The molecule has 0 amide bonds. The minimum absolute atomic E-state index is 0.391. The summed E-state index contributed by atoms with van der Waals surface area (Å²) in [5, 5.41) is 3.44. The molecule has 0 radical (unpaired) electrons. The third-order valence-corrected chi connectivity index (χ3v) is 3.65. The Morgan fingerprint density at radius 1 is 1.39 bits per heavy atom. The minimum Gasteiger partial charge on any atom is -0.383 e. The molecule has 0 bridgehead atoms. The van der Waals surface area contributed by atoms with Crippen molar-refractivity contribution in [2.75, 3.05) is 40.4 Å². The van der Waals surface area contributed by atoms with Crippen LogP contribution in [0.1, 0.15) is 33.1 Å². The van der Waals surface area contributed by atoms with E-state index in [4.69, 9.17) is 9.47 Å². The maximum atomic E-state index is 6.06. The number of hydrogen-bond donors (Lipinski definition) is 1. The van der Waals surface area contributed by atoms with E-state index in [1.165, 1.54) is 19.3 Å². The van der Waals surface area contributed by atoms with E-state index in [2.05, 4.69) is 31.1 Å². The molecule has 1 fully saturated rings. The van der Waals surface area contributed by atoms with Crippen molar-refractivity contribution in [1.82, 2.24) is 10.2 Å². The number of ether oxygens (including phenoxy) is 2. The number of hydrogen-bond acceptors (Lipinski definition) is 4. The number of rotatable bonds is 9. The highest BCUT2D eigenvalue weighted by atomic mass is 16.5. The van der Waals surface area contributed by atoms with Crippen LogP contribution in [-0.4, -0.2) is 63.5 Å². The highest BCUT2D eigenvalue weighted by Gasteiger charge is 2.26. The molecule has 0 saturated carbocycles. The quantitative estimate of drug-likeness (QED) is 0.636. The zero-order chi connectivity index (χ0) is 13.4. The molecule has 1 aliphatic heterocycles.